The first-order valence-electron chi connectivity index (χ1n) is 7.03. The minimum atomic E-state index is -0.937. The molecule has 1 aliphatic rings. The Morgan fingerprint density at radius 2 is 2.10 bits per heavy atom. The van der Waals surface area contributed by atoms with Gasteiger partial charge in [-0.25, -0.2) is 4.79 Å². The lowest BCUT2D eigenvalue weighted by Gasteiger charge is -2.34. The summed E-state index contributed by atoms with van der Waals surface area (Å²) >= 11 is 0. The molecule has 6 heteroatoms. The molecule has 2 rings (SSSR count). The Balaban J connectivity index is 2.04. The summed E-state index contributed by atoms with van der Waals surface area (Å²) in [5.74, 6) is -0.965. The summed E-state index contributed by atoms with van der Waals surface area (Å²) in [6, 6.07) is 6.44. The van der Waals surface area contributed by atoms with Crippen molar-refractivity contribution in [2.75, 3.05) is 26.3 Å². The molecule has 0 spiro atoms. The Kier molecular flexibility index (Phi) is 5.30. The molecule has 1 atom stereocenters. The number of rotatable bonds is 5. The summed E-state index contributed by atoms with van der Waals surface area (Å²) in [5, 5.41) is 11.7. The van der Waals surface area contributed by atoms with Crippen LogP contribution in [-0.2, 0) is 16.1 Å². The molecule has 0 bridgehead atoms. The molecule has 1 amide bonds. The maximum atomic E-state index is 12.0. The molecule has 1 aromatic carbocycles. The van der Waals surface area contributed by atoms with E-state index in [2.05, 4.69) is 10.2 Å². The number of nitrogens with zero attached hydrogens (tertiary/aromatic N) is 1. The molecule has 0 saturated carbocycles. The van der Waals surface area contributed by atoms with Crippen LogP contribution in [0, 0.1) is 0 Å². The van der Waals surface area contributed by atoms with Crippen LogP contribution in [0.2, 0.25) is 0 Å². The van der Waals surface area contributed by atoms with Crippen molar-refractivity contribution < 1.29 is 19.4 Å². The SMILES string of the molecule is CCNC(=O)C1COCCN1Cc1ccc(C(=O)O)cc1. The molecule has 114 valence electrons. The Morgan fingerprint density at radius 3 is 2.71 bits per heavy atom. The number of benzene rings is 1. The van der Waals surface area contributed by atoms with E-state index in [1.807, 2.05) is 6.92 Å². The Morgan fingerprint density at radius 1 is 1.38 bits per heavy atom. The molecule has 6 nitrogen and oxygen atoms in total. The number of likely N-dealkylation sites (N-methyl/N-ethyl adjacent to an activating group) is 1. The highest BCUT2D eigenvalue weighted by Crippen LogP contribution is 2.13. The first-order valence-corrected chi connectivity index (χ1v) is 7.03. The van der Waals surface area contributed by atoms with Crippen LogP contribution < -0.4 is 5.32 Å². The lowest BCUT2D eigenvalue weighted by molar-refractivity contribution is -0.132. The van der Waals surface area contributed by atoms with Crippen molar-refractivity contribution in [3.8, 4) is 0 Å². The third-order valence-corrected chi connectivity index (χ3v) is 3.48. The number of hydrogen-bond acceptors (Lipinski definition) is 4. The van der Waals surface area contributed by atoms with E-state index in [-0.39, 0.29) is 17.5 Å². The van der Waals surface area contributed by atoms with Gasteiger partial charge in [0.1, 0.15) is 6.04 Å². The van der Waals surface area contributed by atoms with Crippen molar-refractivity contribution in [3.63, 3.8) is 0 Å². The van der Waals surface area contributed by atoms with Gasteiger partial charge in [-0.1, -0.05) is 12.1 Å². The van der Waals surface area contributed by atoms with E-state index in [1.165, 1.54) is 0 Å². The maximum Gasteiger partial charge on any atom is 0.335 e. The van der Waals surface area contributed by atoms with E-state index in [1.54, 1.807) is 24.3 Å². The van der Waals surface area contributed by atoms with Crippen LogP contribution >= 0.6 is 0 Å². The van der Waals surface area contributed by atoms with Gasteiger partial charge in [-0.2, -0.15) is 0 Å². The smallest absolute Gasteiger partial charge is 0.335 e. The predicted octanol–water partition coefficient (Wildman–Crippen LogP) is 0.722. The third kappa shape index (κ3) is 4.03. The van der Waals surface area contributed by atoms with E-state index in [0.29, 0.717) is 32.8 Å². The lowest BCUT2D eigenvalue weighted by atomic mass is 10.1. The molecule has 0 radical (unpaired) electrons. The summed E-state index contributed by atoms with van der Waals surface area (Å²) in [4.78, 5) is 24.9. The summed E-state index contributed by atoms with van der Waals surface area (Å²) in [6.45, 7) is 4.75. The van der Waals surface area contributed by atoms with Gasteiger partial charge in [0.05, 0.1) is 18.8 Å². The third-order valence-electron chi connectivity index (χ3n) is 3.48. The molecule has 0 aliphatic carbocycles. The van der Waals surface area contributed by atoms with Crippen LogP contribution in [0.4, 0.5) is 0 Å². The molecular weight excluding hydrogens is 272 g/mol. The van der Waals surface area contributed by atoms with Crippen LogP contribution in [0.25, 0.3) is 0 Å². The van der Waals surface area contributed by atoms with Crippen LogP contribution in [0.3, 0.4) is 0 Å². The standard InChI is InChI=1S/C15H20N2O4/c1-2-16-14(18)13-10-21-8-7-17(13)9-11-3-5-12(6-4-11)15(19)20/h3-6,13H,2,7-10H2,1H3,(H,16,18)(H,19,20). The van der Waals surface area contributed by atoms with E-state index in [4.69, 9.17) is 9.84 Å². The number of morpholine rings is 1. The Bertz CT molecular complexity index is 501. The van der Waals surface area contributed by atoms with Crippen LogP contribution in [-0.4, -0.2) is 54.2 Å². The highest BCUT2D eigenvalue weighted by atomic mass is 16.5. The van der Waals surface area contributed by atoms with Crippen LogP contribution in [0.1, 0.15) is 22.8 Å². The number of carbonyl (C=O) groups excluding carboxylic acids is 1. The van der Waals surface area contributed by atoms with Gasteiger partial charge in [-0.15, -0.1) is 0 Å². The Labute approximate surface area is 123 Å². The van der Waals surface area contributed by atoms with Gasteiger partial charge in [0, 0.05) is 19.6 Å². The van der Waals surface area contributed by atoms with Crippen LogP contribution in [0.5, 0.6) is 0 Å². The largest absolute Gasteiger partial charge is 0.478 e. The van der Waals surface area contributed by atoms with Gasteiger partial charge in [0.25, 0.3) is 0 Å². The van der Waals surface area contributed by atoms with Gasteiger partial charge in [-0.3, -0.25) is 9.69 Å². The highest BCUT2D eigenvalue weighted by Gasteiger charge is 2.28. The van der Waals surface area contributed by atoms with Crippen molar-refractivity contribution in [2.24, 2.45) is 0 Å². The zero-order chi connectivity index (χ0) is 15.2. The number of carboxylic acid groups (broad SMARTS) is 1. The first kappa shape index (κ1) is 15.5. The summed E-state index contributed by atoms with van der Waals surface area (Å²) < 4.78 is 5.39. The zero-order valence-corrected chi connectivity index (χ0v) is 12.0. The highest BCUT2D eigenvalue weighted by molar-refractivity contribution is 5.87. The number of hydrogen-bond donors (Lipinski definition) is 2. The van der Waals surface area contributed by atoms with Gasteiger partial charge in [-0.05, 0) is 24.6 Å². The molecule has 1 heterocycles. The number of aromatic carboxylic acids is 1. The number of nitrogens with one attached hydrogen (secondary N) is 1. The summed E-state index contributed by atoms with van der Waals surface area (Å²) in [6.07, 6.45) is 0. The van der Waals surface area contributed by atoms with Crippen molar-refractivity contribution in [3.05, 3.63) is 35.4 Å². The quantitative estimate of drug-likeness (QED) is 0.836. The monoisotopic (exact) mass is 292 g/mol. The fraction of sp³-hybridized carbons (Fsp3) is 0.467. The van der Waals surface area contributed by atoms with Crippen molar-refractivity contribution in [1.29, 1.82) is 0 Å². The molecule has 2 N–H and O–H groups in total. The lowest BCUT2D eigenvalue weighted by Crippen LogP contribution is -2.53. The number of ether oxygens (including phenoxy) is 1. The molecular formula is C15H20N2O4. The fourth-order valence-electron chi connectivity index (χ4n) is 2.35. The molecule has 1 fully saturated rings. The van der Waals surface area contributed by atoms with Crippen molar-refractivity contribution in [2.45, 2.75) is 19.5 Å². The average molecular weight is 292 g/mol. The second kappa shape index (κ2) is 7.19. The number of carbonyl (C=O) groups is 2. The minimum absolute atomic E-state index is 0.0284. The summed E-state index contributed by atoms with van der Waals surface area (Å²) in [5.41, 5.74) is 1.25. The molecule has 21 heavy (non-hydrogen) atoms. The van der Waals surface area contributed by atoms with Gasteiger partial charge >= 0.3 is 5.97 Å². The topological polar surface area (TPSA) is 78.9 Å². The number of amides is 1. The van der Waals surface area contributed by atoms with Crippen LogP contribution in [0.15, 0.2) is 24.3 Å². The second-order valence-electron chi connectivity index (χ2n) is 4.96. The molecule has 1 aliphatic heterocycles. The first-order chi connectivity index (χ1) is 10.1. The van der Waals surface area contributed by atoms with E-state index < -0.39 is 5.97 Å². The Hall–Kier alpha value is -1.92. The van der Waals surface area contributed by atoms with E-state index >= 15 is 0 Å². The molecule has 1 saturated heterocycles. The van der Waals surface area contributed by atoms with Gasteiger partial charge < -0.3 is 15.2 Å². The summed E-state index contributed by atoms with van der Waals surface area (Å²) in [7, 11) is 0. The van der Waals surface area contributed by atoms with Gasteiger partial charge in [0.15, 0.2) is 0 Å². The minimum Gasteiger partial charge on any atom is -0.478 e. The normalized spacial score (nSPS) is 19.2. The zero-order valence-electron chi connectivity index (χ0n) is 12.0. The molecule has 1 unspecified atom stereocenters. The second-order valence-corrected chi connectivity index (χ2v) is 4.96. The fourth-order valence-corrected chi connectivity index (χ4v) is 2.35. The van der Waals surface area contributed by atoms with Crippen molar-refractivity contribution in [1.82, 2.24) is 10.2 Å². The van der Waals surface area contributed by atoms with E-state index in [9.17, 15) is 9.59 Å². The maximum absolute atomic E-state index is 12.0. The predicted molar refractivity (Wildman–Crippen MR) is 77.1 cm³/mol. The average Bonchev–Trinajstić information content (AvgIpc) is 2.48. The van der Waals surface area contributed by atoms with Crippen molar-refractivity contribution >= 4 is 11.9 Å². The molecule has 0 aromatic heterocycles. The number of carboxylic acids is 1. The van der Waals surface area contributed by atoms with E-state index in [0.717, 1.165) is 5.56 Å². The van der Waals surface area contributed by atoms with Gasteiger partial charge in [0.2, 0.25) is 5.91 Å². The molecule has 1 aromatic rings.